The van der Waals surface area contributed by atoms with E-state index < -0.39 is 0 Å². The third-order valence-electron chi connectivity index (χ3n) is 20.1. The Bertz CT molecular complexity index is 4910. The van der Waals surface area contributed by atoms with Crippen LogP contribution in [0.1, 0.15) is 17.0 Å². The number of thiazole rings is 4. The van der Waals surface area contributed by atoms with Crippen LogP contribution in [0, 0.1) is 6.92 Å². The Morgan fingerprint density at radius 1 is 0.333 bits per heavy atom. The lowest BCUT2D eigenvalue weighted by atomic mass is 10.1. The molecule has 4 aromatic heterocycles. The van der Waals surface area contributed by atoms with E-state index in [-0.39, 0.29) is 23.5 Å². The molecule has 0 radical (unpaired) electrons. The van der Waals surface area contributed by atoms with Gasteiger partial charge in [-0.1, -0.05) is 157 Å². The maximum Gasteiger partial charge on any atom is 0.240 e. The SMILES string of the molecule is COc1ccc(N2CCN(CC(=O)Nc3nc(-c4ccccc4)cs3)CC2)cc1.COc1ccc(N2CCN(CCC(=O)Cc3nc(-c4ccccc4)cs3)CC2)cc1.Cc1ccc(N2CCN(CC(=O)Nc3nc(-c4ccccc4)cs3)CC2)cc1.O=C(CN1CCN(c2ccccc2)CC1)Nc1nc(-c2ccccc2)cs1. The van der Waals surface area contributed by atoms with Crippen LogP contribution >= 0.6 is 45.3 Å². The number of hydrogen-bond acceptors (Lipinski definition) is 22. The number of aryl methyl sites for hydroxylation is 1. The summed E-state index contributed by atoms with van der Waals surface area (Å²) in [6.45, 7) is 18.8. The van der Waals surface area contributed by atoms with Gasteiger partial charge in [0.1, 0.15) is 22.3 Å². The Morgan fingerprint density at radius 2 is 0.614 bits per heavy atom. The molecule has 0 atom stereocenters. The molecule has 12 aromatic rings. The fraction of sp³-hybridized carbons (Fsp3) is 0.281. The first-order chi connectivity index (χ1) is 55.9. The van der Waals surface area contributed by atoms with E-state index in [0.29, 0.717) is 47.9 Å². The van der Waals surface area contributed by atoms with Crippen molar-refractivity contribution in [3.63, 3.8) is 0 Å². The number of methoxy groups -OCH3 is 2. The van der Waals surface area contributed by atoms with Crippen molar-refractivity contribution < 1.29 is 28.7 Å². The number of carbonyl (C=O) groups excluding carboxylic acids is 4. The lowest BCUT2D eigenvalue weighted by Gasteiger charge is -2.36. The number of nitrogens with one attached hydrogen (secondary N) is 3. The highest BCUT2D eigenvalue weighted by Crippen LogP contribution is 2.30. The van der Waals surface area contributed by atoms with Crippen LogP contribution in [0.5, 0.6) is 11.5 Å². The molecule has 21 nitrogen and oxygen atoms in total. The molecule has 8 aromatic carbocycles. The molecule has 588 valence electrons. The van der Waals surface area contributed by atoms with E-state index in [9.17, 15) is 19.2 Å². The summed E-state index contributed by atoms with van der Waals surface area (Å²) in [6, 6.07) is 75.5. The number of aromatic nitrogens is 4. The number of ketones is 1. The Kier molecular flexibility index (Phi) is 29.6. The first-order valence-electron chi connectivity index (χ1n) is 38.6. The second-order valence-electron chi connectivity index (χ2n) is 28.0. The maximum absolute atomic E-state index is 12.5. The second-order valence-corrected chi connectivity index (χ2v) is 31.5. The van der Waals surface area contributed by atoms with Crippen molar-refractivity contribution in [2.75, 3.05) is 181 Å². The molecule has 3 amide bonds. The number of piperazine rings is 4. The van der Waals surface area contributed by atoms with Crippen LogP contribution in [0.4, 0.5) is 38.1 Å². The Balaban J connectivity index is 0.000000133. The van der Waals surface area contributed by atoms with E-state index in [1.807, 2.05) is 173 Å². The molecule has 16 rings (SSSR count). The van der Waals surface area contributed by atoms with Gasteiger partial charge in [0.15, 0.2) is 15.4 Å². The summed E-state index contributed by atoms with van der Waals surface area (Å²) >= 11 is 5.96. The summed E-state index contributed by atoms with van der Waals surface area (Å²) in [7, 11) is 3.36. The van der Waals surface area contributed by atoms with E-state index in [2.05, 4.69) is 155 Å². The normalized spacial score (nSPS) is 14.7. The third kappa shape index (κ3) is 24.3. The molecule has 4 fully saturated rings. The van der Waals surface area contributed by atoms with E-state index >= 15 is 0 Å². The largest absolute Gasteiger partial charge is 0.497 e. The first-order valence-corrected chi connectivity index (χ1v) is 42.1. The van der Waals surface area contributed by atoms with Gasteiger partial charge in [0.05, 0.1) is 63.1 Å². The minimum Gasteiger partial charge on any atom is -0.497 e. The summed E-state index contributed by atoms with van der Waals surface area (Å²) < 4.78 is 10.4. The van der Waals surface area contributed by atoms with E-state index in [1.165, 1.54) is 62.3 Å². The number of Topliss-reactive ketones (excluding diaryl/α,β-unsaturated/α-hetero) is 1. The lowest BCUT2D eigenvalue weighted by Crippen LogP contribution is -2.48. The van der Waals surface area contributed by atoms with Crippen molar-refractivity contribution >= 4 is 107 Å². The molecule has 0 unspecified atom stereocenters. The standard InChI is InChI=1S/C24H27N3O2S.C22H24N4O2S.C22H24N4OS.C21H22N4OS/c1-29-22-9-7-20(8-10-22)27-15-13-26(14-16-27)12-11-21(28)17-24-25-23(18-30-24)19-5-3-2-4-6-19;1-28-19-9-7-18(8-10-19)26-13-11-25(12-14-26)15-21(27)24-22-23-20(16-29-22)17-5-3-2-4-6-17;1-17-7-9-19(10-8-17)26-13-11-25(12-14-26)15-21(27)24-22-23-20(16-28-22)18-5-3-2-4-6-18;26-20(23-21-22-19(16-27-21)17-7-3-1-4-8-17)15-24-11-13-25(14-12-24)18-9-5-2-6-10-18/h2-10,18H,11-17H2,1H3;2-10,16H,11-15H2,1H3,(H,23,24,27);2-10,16H,11-15H2,1H3,(H,23,24,27);1-10,16H,11-15H2,(H,22,23,26). The molecule has 3 N–H and O–H groups in total. The molecule has 25 heteroatoms. The minimum atomic E-state index is -0.0168. The predicted molar refractivity (Wildman–Crippen MR) is 468 cm³/mol. The van der Waals surface area contributed by atoms with Crippen molar-refractivity contribution in [3.8, 4) is 56.5 Å². The summed E-state index contributed by atoms with van der Waals surface area (Å²) in [6.07, 6.45) is 1.02. The quantitative estimate of drug-likeness (QED) is 0.0515. The van der Waals surface area contributed by atoms with E-state index in [0.717, 1.165) is 173 Å². The number of rotatable bonds is 24. The number of para-hydroxylation sites is 1. The van der Waals surface area contributed by atoms with Gasteiger partial charge in [-0.2, -0.15) is 0 Å². The van der Waals surface area contributed by atoms with Gasteiger partial charge in [0.2, 0.25) is 17.7 Å². The van der Waals surface area contributed by atoms with Crippen molar-refractivity contribution in [1.82, 2.24) is 39.5 Å². The summed E-state index contributed by atoms with van der Waals surface area (Å²) in [4.78, 5) is 86.3. The third-order valence-corrected chi connectivity index (χ3v) is 23.2. The maximum atomic E-state index is 12.5. The average molecular weight is 1600 g/mol. The van der Waals surface area contributed by atoms with Crippen LogP contribution in [-0.4, -0.2) is 208 Å². The van der Waals surface area contributed by atoms with Crippen molar-refractivity contribution in [1.29, 1.82) is 0 Å². The average Bonchev–Trinajstić information content (AvgIpc) is 1.56. The van der Waals surface area contributed by atoms with Gasteiger partial charge in [-0.05, 0) is 79.7 Å². The zero-order chi connectivity index (χ0) is 78.6. The molecular formula is C89H97N15O6S4. The van der Waals surface area contributed by atoms with Gasteiger partial charge >= 0.3 is 0 Å². The van der Waals surface area contributed by atoms with Crippen LogP contribution in [-0.2, 0) is 25.6 Å². The Labute approximate surface area is 684 Å². The minimum absolute atomic E-state index is 0.00209. The van der Waals surface area contributed by atoms with E-state index in [1.54, 1.807) is 25.6 Å². The van der Waals surface area contributed by atoms with Gasteiger partial charge in [0.25, 0.3) is 0 Å². The smallest absolute Gasteiger partial charge is 0.240 e. The van der Waals surface area contributed by atoms with Crippen molar-refractivity contribution in [3.05, 3.63) is 257 Å². The molecule has 0 aliphatic carbocycles. The van der Waals surface area contributed by atoms with Gasteiger partial charge in [-0.3, -0.25) is 38.8 Å². The fourth-order valence-corrected chi connectivity index (χ4v) is 16.7. The number of amides is 3. The molecule has 114 heavy (non-hydrogen) atoms. The summed E-state index contributed by atoms with van der Waals surface area (Å²) in [5.74, 6) is 1.99. The monoisotopic (exact) mass is 1600 g/mol. The number of hydrogen-bond donors (Lipinski definition) is 3. The second kappa shape index (κ2) is 41.7. The van der Waals surface area contributed by atoms with Gasteiger partial charge < -0.3 is 45.0 Å². The van der Waals surface area contributed by atoms with E-state index in [4.69, 9.17) is 9.47 Å². The van der Waals surface area contributed by atoms with Gasteiger partial charge in [-0.15, -0.1) is 45.3 Å². The zero-order valence-corrected chi connectivity index (χ0v) is 67.9. The number of nitrogens with zero attached hydrogens (tertiary/aromatic N) is 12. The van der Waals surface area contributed by atoms with Crippen LogP contribution in [0.2, 0.25) is 0 Å². The highest BCUT2D eigenvalue weighted by atomic mass is 32.1. The van der Waals surface area contributed by atoms with Crippen LogP contribution in [0.25, 0.3) is 45.0 Å². The van der Waals surface area contributed by atoms with Crippen LogP contribution in [0.15, 0.2) is 246 Å². The van der Waals surface area contributed by atoms with Crippen LogP contribution in [0.3, 0.4) is 0 Å². The van der Waals surface area contributed by atoms with Crippen molar-refractivity contribution in [2.45, 2.75) is 19.8 Å². The number of anilines is 7. The molecule has 4 saturated heterocycles. The molecule has 0 spiro atoms. The molecule has 4 aliphatic heterocycles. The number of benzene rings is 8. The molecule has 8 heterocycles. The number of carbonyl (C=O) groups is 4. The predicted octanol–water partition coefficient (Wildman–Crippen LogP) is 15.2. The highest BCUT2D eigenvalue weighted by Gasteiger charge is 2.25. The molecule has 0 bridgehead atoms. The summed E-state index contributed by atoms with van der Waals surface area (Å²) in [5, 5.41) is 19.6. The molecule has 4 aliphatic rings. The van der Waals surface area contributed by atoms with Gasteiger partial charge in [0, 0.05) is 184 Å². The Hall–Kier alpha value is -11.0. The molecule has 0 saturated carbocycles. The topological polar surface area (TPSA) is 200 Å². The summed E-state index contributed by atoms with van der Waals surface area (Å²) in [5.41, 5.74) is 14.1. The number of ether oxygens (including phenoxy) is 2. The zero-order valence-electron chi connectivity index (χ0n) is 64.7. The van der Waals surface area contributed by atoms with Crippen molar-refractivity contribution in [2.24, 2.45) is 0 Å². The highest BCUT2D eigenvalue weighted by molar-refractivity contribution is 7.14. The molecular weight excluding hydrogens is 1500 g/mol. The van der Waals surface area contributed by atoms with Crippen LogP contribution < -0.4 is 45.0 Å². The van der Waals surface area contributed by atoms with Gasteiger partial charge in [-0.25, -0.2) is 19.9 Å². The lowest BCUT2D eigenvalue weighted by molar-refractivity contribution is -0.119. The first kappa shape index (κ1) is 81.0. The fourth-order valence-electron chi connectivity index (χ4n) is 13.7. The Morgan fingerprint density at radius 3 is 0.939 bits per heavy atom.